The van der Waals surface area contributed by atoms with Gasteiger partial charge in [0, 0.05) is 12.3 Å². The van der Waals surface area contributed by atoms with Crippen LogP contribution < -0.4 is 5.73 Å². The van der Waals surface area contributed by atoms with Gasteiger partial charge in [0.1, 0.15) is 0 Å². The standard InChI is InChI=1S/C13H19NO3/c1-3-17-12(9-13(15)16-2)8-10-4-6-11(14)7-5-10/h4-7,12H,3,8-9,14H2,1-2H3. The lowest BCUT2D eigenvalue weighted by molar-refractivity contribution is -0.143. The van der Waals surface area contributed by atoms with Crippen LogP contribution in [0.2, 0.25) is 0 Å². The summed E-state index contributed by atoms with van der Waals surface area (Å²) < 4.78 is 10.2. The highest BCUT2D eigenvalue weighted by atomic mass is 16.5. The second kappa shape index (κ2) is 6.91. The van der Waals surface area contributed by atoms with Gasteiger partial charge in [0.2, 0.25) is 0 Å². The van der Waals surface area contributed by atoms with Gasteiger partial charge in [-0.05, 0) is 31.0 Å². The van der Waals surface area contributed by atoms with E-state index in [1.54, 1.807) is 0 Å². The first-order valence-corrected chi connectivity index (χ1v) is 5.68. The summed E-state index contributed by atoms with van der Waals surface area (Å²) in [6.45, 7) is 2.49. The van der Waals surface area contributed by atoms with Crippen molar-refractivity contribution in [2.45, 2.75) is 25.9 Å². The molecule has 0 bridgehead atoms. The van der Waals surface area contributed by atoms with Crippen molar-refractivity contribution in [1.82, 2.24) is 0 Å². The van der Waals surface area contributed by atoms with E-state index in [4.69, 9.17) is 10.5 Å². The van der Waals surface area contributed by atoms with E-state index in [0.717, 1.165) is 11.3 Å². The number of carbonyl (C=O) groups is 1. The molecule has 1 aromatic rings. The van der Waals surface area contributed by atoms with Gasteiger partial charge in [-0.1, -0.05) is 12.1 Å². The zero-order valence-electron chi connectivity index (χ0n) is 10.3. The summed E-state index contributed by atoms with van der Waals surface area (Å²) in [4.78, 5) is 11.2. The largest absolute Gasteiger partial charge is 0.469 e. The van der Waals surface area contributed by atoms with Crippen molar-refractivity contribution in [2.24, 2.45) is 0 Å². The molecule has 0 spiro atoms. The third kappa shape index (κ3) is 4.87. The fourth-order valence-electron chi connectivity index (χ4n) is 1.61. The molecule has 0 saturated heterocycles. The molecule has 94 valence electrons. The Kier molecular flexibility index (Phi) is 5.49. The van der Waals surface area contributed by atoms with Gasteiger partial charge in [0.25, 0.3) is 0 Å². The molecular weight excluding hydrogens is 218 g/mol. The lowest BCUT2D eigenvalue weighted by Gasteiger charge is -2.15. The van der Waals surface area contributed by atoms with Gasteiger partial charge in [-0.25, -0.2) is 0 Å². The van der Waals surface area contributed by atoms with Gasteiger partial charge in [0.15, 0.2) is 0 Å². The normalized spacial score (nSPS) is 12.1. The van der Waals surface area contributed by atoms with E-state index in [2.05, 4.69) is 4.74 Å². The Bertz CT molecular complexity index is 348. The van der Waals surface area contributed by atoms with Crippen LogP contribution in [0.5, 0.6) is 0 Å². The molecular formula is C13H19NO3. The van der Waals surface area contributed by atoms with E-state index >= 15 is 0 Å². The number of nitrogen functional groups attached to an aromatic ring is 1. The summed E-state index contributed by atoms with van der Waals surface area (Å²) in [5.41, 5.74) is 7.44. The monoisotopic (exact) mass is 237 g/mol. The molecule has 17 heavy (non-hydrogen) atoms. The predicted octanol–water partition coefficient (Wildman–Crippen LogP) is 1.78. The summed E-state index contributed by atoms with van der Waals surface area (Å²) in [6, 6.07) is 7.57. The average Bonchev–Trinajstić information content (AvgIpc) is 2.32. The minimum Gasteiger partial charge on any atom is -0.469 e. The molecule has 0 amide bonds. The molecule has 0 fully saturated rings. The lowest BCUT2D eigenvalue weighted by Crippen LogP contribution is -2.21. The highest BCUT2D eigenvalue weighted by molar-refractivity contribution is 5.69. The Morgan fingerprint density at radius 3 is 2.53 bits per heavy atom. The highest BCUT2D eigenvalue weighted by Gasteiger charge is 2.14. The van der Waals surface area contributed by atoms with Gasteiger partial charge in [-0.3, -0.25) is 4.79 Å². The number of nitrogens with two attached hydrogens (primary N) is 1. The first-order valence-electron chi connectivity index (χ1n) is 5.68. The molecule has 0 aromatic heterocycles. The van der Waals surface area contributed by atoms with Gasteiger partial charge < -0.3 is 15.2 Å². The predicted molar refractivity (Wildman–Crippen MR) is 66.6 cm³/mol. The van der Waals surface area contributed by atoms with E-state index in [-0.39, 0.29) is 18.5 Å². The average molecular weight is 237 g/mol. The van der Waals surface area contributed by atoms with Crippen molar-refractivity contribution < 1.29 is 14.3 Å². The second-order valence-corrected chi connectivity index (χ2v) is 3.80. The third-order valence-electron chi connectivity index (χ3n) is 2.47. The van der Waals surface area contributed by atoms with Crippen LogP contribution in [0.1, 0.15) is 18.9 Å². The topological polar surface area (TPSA) is 61.5 Å². The summed E-state index contributed by atoms with van der Waals surface area (Å²) >= 11 is 0. The van der Waals surface area contributed by atoms with Crippen molar-refractivity contribution in [2.75, 3.05) is 19.5 Å². The molecule has 4 heteroatoms. The number of rotatable bonds is 6. The Hall–Kier alpha value is -1.55. The van der Waals surface area contributed by atoms with E-state index < -0.39 is 0 Å². The summed E-state index contributed by atoms with van der Waals surface area (Å²) in [7, 11) is 1.38. The maximum Gasteiger partial charge on any atom is 0.308 e. The van der Waals surface area contributed by atoms with Crippen molar-refractivity contribution in [3.8, 4) is 0 Å². The number of methoxy groups -OCH3 is 1. The van der Waals surface area contributed by atoms with Crippen molar-refractivity contribution in [1.29, 1.82) is 0 Å². The molecule has 0 saturated carbocycles. The molecule has 0 aliphatic rings. The first kappa shape index (κ1) is 13.5. The van der Waals surface area contributed by atoms with Crippen LogP contribution in [0.15, 0.2) is 24.3 Å². The fourth-order valence-corrected chi connectivity index (χ4v) is 1.61. The van der Waals surface area contributed by atoms with Gasteiger partial charge >= 0.3 is 5.97 Å². The van der Waals surface area contributed by atoms with Crippen LogP contribution in [0.3, 0.4) is 0 Å². The van der Waals surface area contributed by atoms with Crippen LogP contribution in [-0.4, -0.2) is 25.8 Å². The van der Waals surface area contributed by atoms with Crippen molar-refractivity contribution in [3.63, 3.8) is 0 Å². The number of hydrogen-bond acceptors (Lipinski definition) is 4. The second-order valence-electron chi connectivity index (χ2n) is 3.80. The maximum atomic E-state index is 11.2. The van der Waals surface area contributed by atoms with Crippen LogP contribution in [0.4, 0.5) is 5.69 Å². The molecule has 0 aliphatic carbocycles. The van der Waals surface area contributed by atoms with Gasteiger partial charge in [-0.15, -0.1) is 0 Å². The number of ether oxygens (including phenoxy) is 2. The molecule has 4 nitrogen and oxygen atoms in total. The van der Waals surface area contributed by atoms with Gasteiger partial charge in [-0.2, -0.15) is 0 Å². The molecule has 1 unspecified atom stereocenters. The molecule has 0 heterocycles. The van der Waals surface area contributed by atoms with E-state index in [9.17, 15) is 4.79 Å². The Morgan fingerprint density at radius 2 is 2.00 bits per heavy atom. The highest BCUT2D eigenvalue weighted by Crippen LogP contribution is 2.12. The van der Waals surface area contributed by atoms with Crippen LogP contribution in [0.25, 0.3) is 0 Å². The maximum absolute atomic E-state index is 11.2. The number of carbonyl (C=O) groups excluding carboxylic acids is 1. The molecule has 1 atom stereocenters. The summed E-state index contributed by atoms with van der Waals surface area (Å²) in [5.74, 6) is -0.251. The Labute approximate surface area is 102 Å². The third-order valence-corrected chi connectivity index (χ3v) is 2.47. The van der Waals surface area contributed by atoms with Gasteiger partial charge in [0.05, 0.1) is 19.6 Å². The van der Waals surface area contributed by atoms with E-state index in [0.29, 0.717) is 13.0 Å². The first-order chi connectivity index (χ1) is 8.15. The molecule has 1 rings (SSSR count). The van der Waals surface area contributed by atoms with E-state index in [1.807, 2.05) is 31.2 Å². The van der Waals surface area contributed by atoms with Crippen LogP contribution in [0, 0.1) is 0 Å². The smallest absolute Gasteiger partial charge is 0.308 e. The molecule has 0 aliphatic heterocycles. The number of benzene rings is 1. The Morgan fingerprint density at radius 1 is 1.35 bits per heavy atom. The minimum absolute atomic E-state index is 0.143. The van der Waals surface area contributed by atoms with E-state index in [1.165, 1.54) is 7.11 Å². The number of hydrogen-bond donors (Lipinski definition) is 1. The zero-order valence-corrected chi connectivity index (χ0v) is 10.3. The summed E-state index contributed by atoms with van der Waals surface area (Å²) in [5, 5.41) is 0. The molecule has 2 N–H and O–H groups in total. The van der Waals surface area contributed by atoms with Crippen molar-refractivity contribution >= 4 is 11.7 Å². The fraction of sp³-hybridized carbons (Fsp3) is 0.462. The quantitative estimate of drug-likeness (QED) is 0.605. The van der Waals surface area contributed by atoms with Crippen LogP contribution in [-0.2, 0) is 20.7 Å². The SMILES string of the molecule is CCOC(CC(=O)OC)Cc1ccc(N)cc1. The molecule has 0 radical (unpaired) electrons. The summed E-state index contributed by atoms with van der Waals surface area (Å²) in [6.07, 6.45) is 0.814. The van der Waals surface area contributed by atoms with Crippen molar-refractivity contribution in [3.05, 3.63) is 29.8 Å². The number of esters is 1. The lowest BCUT2D eigenvalue weighted by atomic mass is 10.1. The minimum atomic E-state index is -0.251. The van der Waals surface area contributed by atoms with Crippen LogP contribution >= 0.6 is 0 Å². The molecule has 1 aromatic carbocycles. The Balaban J connectivity index is 2.59. The number of anilines is 1. The zero-order chi connectivity index (χ0) is 12.7.